The van der Waals surface area contributed by atoms with E-state index in [9.17, 15) is 9.59 Å². The third-order valence-electron chi connectivity index (χ3n) is 3.31. The van der Waals surface area contributed by atoms with Crippen molar-refractivity contribution in [1.29, 1.82) is 0 Å². The first-order chi connectivity index (χ1) is 10.9. The average molecular weight is 308 g/mol. The van der Waals surface area contributed by atoms with Gasteiger partial charge in [0, 0.05) is 24.4 Å². The number of anilines is 2. The Kier molecular flexibility index (Phi) is 5.31. The third-order valence-corrected chi connectivity index (χ3v) is 3.31. The summed E-state index contributed by atoms with van der Waals surface area (Å²) in [6.45, 7) is 5.36. The van der Waals surface area contributed by atoms with Gasteiger partial charge in [0.1, 0.15) is 0 Å². The van der Waals surface area contributed by atoms with Crippen molar-refractivity contribution in [3.05, 3.63) is 65.2 Å². The molecule has 23 heavy (non-hydrogen) atoms. The summed E-state index contributed by atoms with van der Waals surface area (Å²) in [5.74, 6) is -0.317. The zero-order valence-corrected chi connectivity index (χ0v) is 13.5. The van der Waals surface area contributed by atoms with Gasteiger partial charge in [-0.25, -0.2) is 0 Å². The van der Waals surface area contributed by atoms with Crippen LogP contribution >= 0.6 is 0 Å². The van der Waals surface area contributed by atoms with Crippen LogP contribution in [0.25, 0.3) is 6.08 Å². The highest BCUT2D eigenvalue weighted by Gasteiger charge is 2.03. The molecule has 2 aromatic rings. The minimum absolute atomic E-state index is 0.120. The highest BCUT2D eigenvalue weighted by Crippen LogP contribution is 2.19. The molecule has 0 unspecified atom stereocenters. The number of benzene rings is 2. The van der Waals surface area contributed by atoms with Gasteiger partial charge in [-0.3, -0.25) is 9.59 Å². The monoisotopic (exact) mass is 308 g/mol. The van der Waals surface area contributed by atoms with Gasteiger partial charge in [-0.05, 0) is 49.2 Å². The average Bonchev–Trinajstić information content (AvgIpc) is 2.49. The summed E-state index contributed by atoms with van der Waals surface area (Å²) < 4.78 is 0. The lowest BCUT2D eigenvalue weighted by Gasteiger charge is -2.09. The van der Waals surface area contributed by atoms with Crippen LogP contribution in [-0.4, -0.2) is 11.8 Å². The van der Waals surface area contributed by atoms with E-state index in [1.807, 2.05) is 44.2 Å². The Morgan fingerprint density at radius 1 is 0.957 bits per heavy atom. The Hall–Kier alpha value is -2.88. The van der Waals surface area contributed by atoms with E-state index in [0.29, 0.717) is 5.69 Å². The molecule has 0 aliphatic carbocycles. The van der Waals surface area contributed by atoms with Crippen molar-refractivity contribution in [2.75, 3.05) is 10.6 Å². The van der Waals surface area contributed by atoms with Crippen molar-refractivity contribution in [2.24, 2.45) is 0 Å². The van der Waals surface area contributed by atoms with Crippen LogP contribution in [0.15, 0.2) is 48.5 Å². The second-order valence-electron chi connectivity index (χ2n) is 5.44. The molecule has 2 N–H and O–H groups in total. The van der Waals surface area contributed by atoms with E-state index in [0.717, 1.165) is 16.8 Å². The molecule has 0 saturated heterocycles. The fraction of sp³-hybridized carbons (Fsp3) is 0.158. The molecule has 0 aliphatic rings. The lowest BCUT2D eigenvalue weighted by molar-refractivity contribution is -0.114. The number of nitrogens with one attached hydrogen (secondary N) is 2. The topological polar surface area (TPSA) is 58.2 Å². The van der Waals surface area contributed by atoms with Gasteiger partial charge in [-0.15, -0.1) is 0 Å². The first-order valence-electron chi connectivity index (χ1n) is 7.38. The molecule has 4 nitrogen and oxygen atoms in total. The fourth-order valence-corrected chi connectivity index (χ4v) is 2.10. The largest absolute Gasteiger partial charge is 0.326 e. The Labute approximate surface area is 136 Å². The zero-order chi connectivity index (χ0) is 16.8. The molecular weight excluding hydrogens is 288 g/mol. The number of amides is 2. The molecule has 0 bridgehead atoms. The van der Waals surface area contributed by atoms with E-state index in [1.165, 1.54) is 18.6 Å². The van der Waals surface area contributed by atoms with E-state index >= 15 is 0 Å². The van der Waals surface area contributed by atoms with Gasteiger partial charge in [-0.2, -0.15) is 0 Å². The quantitative estimate of drug-likeness (QED) is 0.841. The van der Waals surface area contributed by atoms with Crippen LogP contribution in [0.3, 0.4) is 0 Å². The summed E-state index contributed by atoms with van der Waals surface area (Å²) in [6.07, 6.45) is 3.27. The second-order valence-corrected chi connectivity index (χ2v) is 5.44. The molecular formula is C19H20N2O2. The number of aryl methyl sites for hydroxylation is 2. The molecule has 0 aromatic heterocycles. The first kappa shape index (κ1) is 16.5. The van der Waals surface area contributed by atoms with Crippen molar-refractivity contribution in [3.8, 4) is 0 Å². The summed E-state index contributed by atoms with van der Waals surface area (Å²) in [5, 5.41) is 5.55. The van der Waals surface area contributed by atoms with E-state index < -0.39 is 0 Å². The number of hydrogen-bond acceptors (Lipinski definition) is 2. The Balaban J connectivity index is 2.01. The zero-order valence-electron chi connectivity index (χ0n) is 13.5. The predicted molar refractivity (Wildman–Crippen MR) is 94.3 cm³/mol. The van der Waals surface area contributed by atoms with Gasteiger partial charge in [0.15, 0.2) is 0 Å². The van der Waals surface area contributed by atoms with Gasteiger partial charge < -0.3 is 10.6 Å². The minimum atomic E-state index is -0.197. The van der Waals surface area contributed by atoms with Gasteiger partial charge >= 0.3 is 0 Å². The number of carbonyl (C=O) groups excluding carboxylic acids is 2. The minimum Gasteiger partial charge on any atom is -0.326 e. The van der Waals surface area contributed by atoms with Crippen molar-refractivity contribution in [3.63, 3.8) is 0 Å². The van der Waals surface area contributed by atoms with Crippen molar-refractivity contribution in [1.82, 2.24) is 0 Å². The van der Waals surface area contributed by atoms with E-state index in [4.69, 9.17) is 0 Å². The summed E-state index contributed by atoms with van der Waals surface area (Å²) in [4.78, 5) is 23.0. The van der Waals surface area contributed by atoms with Crippen LogP contribution in [0.2, 0.25) is 0 Å². The van der Waals surface area contributed by atoms with E-state index in [1.54, 1.807) is 18.2 Å². The summed E-state index contributed by atoms with van der Waals surface area (Å²) in [5.41, 5.74) is 4.48. The number of rotatable bonds is 4. The van der Waals surface area contributed by atoms with E-state index in [2.05, 4.69) is 10.6 Å². The van der Waals surface area contributed by atoms with Crippen LogP contribution < -0.4 is 10.6 Å². The van der Waals surface area contributed by atoms with Gasteiger partial charge in [0.25, 0.3) is 0 Å². The number of hydrogen-bond donors (Lipinski definition) is 2. The van der Waals surface area contributed by atoms with Crippen LogP contribution in [-0.2, 0) is 9.59 Å². The van der Waals surface area contributed by atoms with Crippen molar-refractivity contribution >= 4 is 29.3 Å². The molecule has 2 aromatic carbocycles. The van der Waals surface area contributed by atoms with Crippen LogP contribution in [0.4, 0.5) is 11.4 Å². The smallest absolute Gasteiger partial charge is 0.248 e. The molecule has 0 spiro atoms. The standard InChI is InChI=1S/C19H20N2O2/c1-13-4-6-16(7-5-13)8-11-19(23)21-17-9-10-18(14(2)12-17)20-15(3)22/h4-12H,1-3H3,(H,20,22)(H,21,23)/b11-8+. The second kappa shape index (κ2) is 7.40. The maximum Gasteiger partial charge on any atom is 0.248 e. The third kappa shape index (κ3) is 5.11. The Morgan fingerprint density at radius 3 is 2.26 bits per heavy atom. The van der Waals surface area contributed by atoms with Gasteiger partial charge in [0.2, 0.25) is 11.8 Å². The summed E-state index contributed by atoms with van der Waals surface area (Å²) in [7, 11) is 0. The molecule has 0 fully saturated rings. The van der Waals surface area contributed by atoms with Gasteiger partial charge in [-0.1, -0.05) is 29.8 Å². The maximum atomic E-state index is 12.0. The highest BCUT2D eigenvalue weighted by atomic mass is 16.2. The van der Waals surface area contributed by atoms with E-state index in [-0.39, 0.29) is 11.8 Å². The summed E-state index contributed by atoms with van der Waals surface area (Å²) >= 11 is 0. The Morgan fingerprint density at radius 2 is 1.65 bits per heavy atom. The van der Waals surface area contributed by atoms with Crippen molar-refractivity contribution < 1.29 is 9.59 Å². The normalized spacial score (nSPS) is 10.6. The first-order valence-corrected chi connectivity index (χ1v) is 7.38. The van der Waals surface area contributed by atoms with Crippen LogP contribution in [0, 0.1) is 13.8 Å². The van der Waals surface area contributed by atoms with Crippen molar-refractivity contribution in [2.45, 2.75) is 20.8 Å². The maximum absolute atomic E-state index is 12.0. The molecule has 2 rings (SSSR count). The lowest BCUT2D eigenvalue weighted by Crippen LogP contribution is -2.10. The molecule has 0 radical (unpaired) electrons. The molecule has 0 atom stereocenters. The summed E-state index contributed by atoms with van der Waals surface area (Å²) in [6, 6.07) is 13.3. The molecule has 118 valence electrons. The molecule has 2 amide bonds. The molecule has 4 heteroatoms. The molecule has 0 saturated carbocycles. The van der Waals surface area contributed by atoms with Crippen LogP contribution in [0.5, 0.6) is 0 Å². The lowest BCUT2D eigenvalue weighted by atomic mass is 10.1. The highest BCUT2D eigenvalue weighted by molar-refractivity contribution is 6.02. The molecule has 0 aliphatic heterocycles. The van der Waals surface area contributed by atoms with Gasteiger partial charge in [0.05, 0.1) is 0 Å². The predicted octanol–water partition coefficient (Wildman–Crippen LogP) is 3.91. The fourth-order valence-electron chi connectivity index (χ4n) is 2.10. The SMILES string of the molecule is CC(=O)Nc1ccc(NC(=O)/C=C/c2ccc(C)cc2)cc1C. The molecule has 0 heterocycles. The van der Waals surface area contributed by atoms with Crippen LogP contribution in [0.1, 0.15) is 23.6 Å². The number of carbonyl (C=O) groups is 2. The Bertz CT molecular complexity index is 746.